The lowest BCUT2D eigenvalue weighted by Crippen LogP contribution is -2.19. The van der Waals surface area contributed by atoms with Gasteiger partial charge in [-0.25, -0.2) is 4.79 Å². The first-order valence-corrected chi connectivity index (χ1v) is 7.03. The molecule has 2 aromatic rings. The highest BCUT2D eigenvalue weighted by Crippen LogP contribution is 2.18. The largest absolute Gasteiger partial charge is 0.491 e. The van der Waals surface area contributed by atoms with Gasteiger partial charge in [0.1, 0.15) is 5.75 Å². The van der Waals surface area contributed by atoms with Gasteiger partial charge in [-0.1, -0.05) is 0 Å². The highest BCUT2D eigenvalue weighted by atomic mass is 16.6. The predicted octanol–water partition coefficient (Wildman–Crippen LogP) is 4.03. The van der Waals surface area contributed by atoms with E-state index in [1.165, 1.54) is 24.3 Å². The molecule has 7 heteroatoms. The molecule has 2 aromatic carbocycles. The maximum absolute atomic E-state index is 11.9. The van der Waals surface area contributed by atoms with Crippen molar-refractivity contribution in [2.24, 2.45) is 0 Å². The Kier molecular flexibility index (Phi) is 5.14. The van der Waals surface area contributed by atoms with Gasteiger partial charge in [0.05, 0.1) is 11.0 Å². The van der Waals surface area contributed by atoms with E-state index in [0.29, 0.717) is 11.4 Å². The summed E-state index contributed by atoms with van der Waals surface area (Å²) >= 11 is 0. The van der Waals surface area contributed by atoms with E-state index in [9.17, 15) is 14.9 Å². The average Bonchev–Trinajstić information content (AvgIpc) is 2.49. The maximum atomic E-state index is 11.9. The average molecular weight is 315 g/mol. The number of anilines is 2. The third-order valence-corrected chi connectivity index (χ3v) is 2.82. The van der Waals surface area contributed by atoms with Crippen molar-refractivity contribution in [2.75, 3.05) is 10.6 Å². The van der Waals surface area contributed by atoms with E-state index in [1.54, 1.807) is 24.3 Å². The van der Waals surface area contributed by atoms with E-state index in [0.717, 1.165) is 5.75 Å². The number of carbonyl (C=O) groups excluding carboxylic acids is 1. The highest BCUT2D eigenvalue weighted by Gasteiger charge is 2.07. The summed E-state index contributed by atoms with van der Waals surface area (Å²) in [4.78, 5) is 21.9. The molecule has 0 aromatic heterocycles. The molecule has 7 nitrogen and oxygen atoms in total. The Morgan fingerprint density at radius 3 is 1.91 bits per heavy atom. The summed E-state index contributed by atoms with van der Waals surface area (Å²) in [6.07, 6.45) is 0.0826. The second-order valence-electron chi connectivity index (χ2n) is 5.07. The van der Waals surface area contributed by atoms with Crippen LogP contribution in [0.1, 0.15) is 13.8 Å². The van der Waals surface area contributed by atoms with Crippen LogP contribution < -0.4 is 15.4 Å². The lowest BCUT2D eigenvalue weighted by molar-refractivity contribution is -0.384. The van der Waals surface area contributed by atoms with Gasteiger partial charge in [0.15, 0.2) is 0 Å². The van der Waals surface area contributed by atoms with E-state index in [-0.39, 0.29) is 11.8 Å². The number of nitrogens with one attached hydrogen (secondary N) is 2. The molecule has 0 unspecified atom stereocenters. The van der Waals surface area contributed by atoms with Crippen LogP contribution in [0, 0.1) is 10.1 Å². The summed E-state index contributed by atoms with van der Waals surface area (Å²) in [6.45, 7) is 3.87. The Morgan fingerprint density at radius 1 is 1.00 bits per heavy atom. The van der Waals surface area contributed by atoms with Crippen LogP contribution in [0.4, 0.5) is 21.9 Å². The molecule has 0 bridgehead atoms. The SMILES string of the molecule is CC(C)Oc1ccc(NC(=O)Nc2ccc([N+](=O)[O-])cc2)cc1. The van der Waals surface area contributed by atoms with Crippen LogP contribution in [0.2, 0.25) is 0 Å². The van der Waals surface area contributed by atoms with Crippen LogP contribution in [0.25, 0.3) is 0 Å². The third kappa shape index (κ3) is 4.99. The minimum atomic E-state index is -0.495. The summed E-state index contributed by atoms with van der Waals surface area (Å²) in [5.74, 6) is 0.723. The van der Waals surface area contributed by atoms with Crippen LogP contribution in [-0.4, -0.2) is 17.1 Å². The van der Waals surface area contributed by atoms with Crippen LogP contribution in [0.3, 0.4) is 0 Å². The van der Waals surface area contributed by atoms with E-state index in [1.807, 2.05) is 13.8 Å². The number of rotatable bonds is 5. The van der Waals surface area contributed by atoms with Gasteiger partial charge in [-0.3, -0.25) is 10.1 Å². The smallest absolute Gasteiger partial charge is 0.323 e. The molecule has 0 aliphatic carbocycles. The standard InChI is InChI=1S/C16H17N3O4/c1-11(2)23-15-9-5-13(6-10-15)18-16(20)17-12-3-7-14(8-4-12)19(21)22/h3-11H,1-2H3,(H2,17,18,20). The molecule has 0 saturated carbocycles. The number of urea groups is 1. The number of nitro groups is 1. The van der Waals surface area contributed by atoms with E-state index in [4.69, 9.17) is 4.74 Å². The van der Waals surface area contributed by atoms with Gasteiger partial charge >= 0.3 is 6.03 Å². The summed E-state index contributed by atoms with van der Waals surface area (Å²) in [5.41, 5.74) is 1.05. The summed E-state index contributed by atoms with van der Waals surface area (Å²) < 4.78 is 5.52. The molecule has 0 spiro atoms. The minimum Gasteiger partial charge on any atom is -0.491 e. The Labute approximate surface area is 133 Å². The van der Waals surface area contributed by atoms with Gasteiger partial charge in [0, 0.05) is 23.5 Å². The first-order chi connectivity index (χ1) is 10.9. The lowest BCUT2D eigenvalue weighted by Gasteiger charge is -2.11. The lowest BCUT2D eigenvalue weighted by atomic mass is 10.3. The fourth-order valence-electron chi connectivity index (χ4n) is 1.85. The number of ether oxygens (including phenoxy) is 1. The number of nitro benzene ring substituents is 1. The number of carbonyl (C=O) groups is 1. The zero-order valence-corrected chi connectivity index (χ0v) is 12.8. The summed E-state index contributed by atoms with van der Waals surface area (Å²) in [7, 11) is 0. The number of amides is 2. The molecule has 2 rings (SSSR count). The second kappa shape index (κ2) is 7.26. The first kappa shape index (κ1) is 16.3. The Bertz CT molecular complexity index is 681. The quantitative estimate of drug-likeness (QED) is 0.643. The number of non-ortho nitro benzene ring substituents is 1. The molecule has 2 amide bonds. The van der Waals surface area contributed by atoms with Crippen molar-refractivity contribution in [2.45, 2.75) is 20.0 Å². The van der Waals surface area contributed by atoms with Crippen molar-refractivity contribution in [3.8, 4) is 5.75 Å². The third-order valence-electron chi connectivity index (χ3n) is 2.82. The van der Waals surface area contributed by atoms with E-state index < -0.39 is 11.0 Å². The Hall–Kier alpha value is -3.09. The Balaban J connectivity index is 1.92. The molecule has 0 aliphatic rings. The monoisotopic (exact) mass is 315 g/mol. The van der Waals surface area contributed by atoms with Gasteiger partial charge < -0.3 is 15.4 Å². The number of benzene rings is 2. The zero-order valence-electron chi connectivity index (χ0n) is 12.8. The van der Waals surface area contributed by atoms with Crippen molar-refractivity contribution >= 4 is 23.1 Å². The van der Waals surface area contributed by atoms with Crippen LogP contribution in [0.5, 0.6) is 5.75 Å². The highest BCUT2D eigenvalue weighted by molar-refractivity contribution is 5.99. The summed E-state index contributed by atoms with van der Waals surface area (Å²) in [6, 6.07) is 12.1. The van der Waals surface area contributed by atoms with Crippen molar-refractivity contribution < 1.29 is 14.5 Å². The fourth-order valence-corrected chi connectivity index (χ4v) is 1.85. The van der Waals surface area contributed by atoms with E-state index in [2.05, 4.69) is 10.6 Å². The van der Waals surface area contributed by atoms with Gasteiger partial charge in [-0.2, -0.15) is 0 Å². The van der Waals surface area contributed by atoms with Crippen LogP contribution in [-0.2, 0) is 0 Å². The summed E-state index contributed by atoms with van der Waals surface area (Å²) in [5, 5.41) is 15.8. The number of hydrogen-bond acceptors (Lipinski definition) is 4. The maximum Gasteiger partial charge on any atom is 0.323 e. The molecule has 2 N–H and O–H groups in total. The molecule has 0 heterocycles. The normalized spacial score (nSPS) is 10.2. The molecule has 0 atom stereocenters. The van der Waals surface area contributed by atoms with Crippen LogP contribution in [0.15, 0.2) is 48.5 Å². The van der Waals surface area contributed by atoms with Crippen LogP contribution >= 0.6 is 0 Å². The van der Waals surface area contributed by atoms with Crippen molar-refractivity contribution in [3.05, 3.63) is 58.6 Å². The predicted molar refractivity (Wildman–Crippen MR) is 87.9 cm³/mol. The van der Waals surface area contributed by atoms with E-state index >= 15 is 0 Å². The molecule has 23 heavy (non-hydrogen) atoms. The first-order valence-electron chi connectivity index (χ1n) is 7.03. The van der Waals surface area contributed by atoms with Gasteiger partial charge in [-0.05, 0) is 50.2 Å². The zero-order chi connectivity index (χ0) is 16.8. The van der Waals surface area contributed by atoms with Crippen molar-refractivity contribution in [1.29, 1.82) is 0 Å². The molecule has 0 radical (unpaired) electrons. The van der Waals surface area contributed by atoms with Crippen molar-refractivity contribution in [3.63, 3.8) is 0 Å². The number of hydrogen-bond donors (Lipinski definition) is 2. The van der Waals surface area contributed by atoms with Crippen molar-refractivity contribution in [1.82, 2.24) is 0 Å². The minimum absolute atomic E-state index is 0.0308. The Morgan fingerprint density at radius 2 is 1.48 bits per heavy atom. The van der Waals surface area contributed by atoms with Gasteiger partial charge in [-0.15, -0.1) is 0 Å². The number of nitrogens with zero attached hydrogens (tertiary/aromatic N) is 1. The van der Waals surface area contributed by atoms with Gasteiger partial charge in [0.25, 0.3) is 5.69 Å². The molecular formula is C16H17N3O4. The second-order valence-corrected chi connectivity index (χ2v) is 5.07. The fraction of sp³-hybridized carbons (Fsp3) is 0.188. The van der Waals surface area contributed by atoms with Gasteiger partial charge in [0.2, 0.25) is 0 Å². The molecule has 0 fully saturated rings. The molecule has 120 valence electrons. The topological polar surface area (TPSA) is 93.5 Å². The molecule has 0 aliphatic heterocycles. The molecule has 0 saturated heterocycles. The molecular weight excluding hydrogens is 298 g/mol.